The Balaban J connectivity index is 1.67. The fourth-order valence-electron chi connectivity index (χ4n) is 4.81. The number of hydrogen-bond donors (Lipinski definition) is 2. The second-order valence-electron chi connectivity index (χ2n) is 9.54. The summed E-state index contributed by atoms with van der Waals surface area (Å²) in [4.78, 5) is 49.4. The van der Waals surface area contributed by atoms with Crippen LogP contribution in [0, 0.1) is 6.92 Å². The summed E-state index contributed by atoms with van der Waals surface area (Å²) < 4.78 is 5.01. The molecule has 12 heteroatoms. The summed E-state index contributed by atoms with van der Waals surface area (Å²) in [6.45, 7) is 5.07. The molecule has 0 amide bonds. The van der Waals surface area contributed by atoms with Crippen molar-refractivity contribution in [1.82, 2.24) is 23.6 Å². The molecule has 38 heavy (non-hydrogen) atoms. The van der Waals surface area contributed by atoms with Gasteiger partial charge in [-0.2, -0.15) is 0 Å². The van der Waals surface area contributed by atoms with Gasteiger partial charge in [0, 0.05) is 51.0 Å². The maximum Gasteiger partial charge on any atom is 0.335 e. The number of H-pyrrole nitrogens is 1. The minimum absolute atomic E-state index is 0.154. The number of rotatable bonds is 4. The van der Waals surface area contributed by atoms with Crippen LogP contribution < -0.4 is 21.8 Å². The molecule has 0 spiro atoms. The van der Waals surface area contributed by atoms with Gasteiger partial charge in [0.2, 0.25) is 5.88 Å². The van der Waals surface area contributed by atoms with Crippen LogP contribution in [-0.4, -0.2) is 68.1 Å². The topological polar surface area (TPSA) is 121 Å². The number of nitrogens with zero attached hydrogens (tertiary/aromatic N) is 6. The highest BCUT2D eigenvalue weighted by molar-refractivity contribution is 9.10. The van der Waals surface area contributed by atoms with Gasteiger partial charge in [0.15, 0.2) is 0 Å². The van der Waals surface area contributed by atoms with Crippen LogP contribution in [0.25, 0.3) is 16.7 Å². The lowest BCUT2D eigenvalue weighted by molar-refractivity contribution is 0.313. The minimum Gasteiger partial charge on any atom is -0.493 e. The molecule has 0 radical (unpaired) electrons. The Morgan fingerprint density at radius 2 is 1.61 bits per heavy atom. The zero-order valence-electron chi connectivity index (χ0n) is 21.5. The molecule has 0 unspecified atom stereocenters. The van der Waals surface area contributed by atoms with Crippen LogP contribution in [0.5, 0.6) is 5.88 Å². The molecule has 11 nitrogen and oxygen atoms in total. The molecule has 1 fully saturated rings. The zero-order chi connectivity index (χ0) is 27.3. The fourth-order valence-corrected chi connectivity index (χ4v) is 5.28. The van der Waals surface area contributed by atoms with E-state index in [0.717, 1.165) is 52.0 Å². The number of halogens is 1. The van der Waals surface area contributed by atoms with E-state index in [2.05, 4.69) is 42.8 Å². The highest BCUT2D eigenvalue weighted by Crippen LogP contribution is 2.34. The van der Waals surface area contributed by atoms with Crippen molar-refractivity contribution in [1.29, 1.82) is 0 Å². The number of benzene rings is 2. The van der Waals surface area contributed by atoms with Crippen LogP contribution >= 0.6 is 15.9 Å². The molecule has 0 atom stereocenters. The molecule has 5 rings (SSSR count). The average Bonchev–Trinajstić information content (AvgIpc) is 3.08. The average molecular weight is 582 g/mol. The monoisotopic (exact) mass is 581 g/mol. The molecule has 1 saturated heterocycles. The number of aromatic nitrogens is 4. The molecule has 4 aromatic rings. The summed E-state index contributed by atoms with van der Waals surface area (Å²) in [6, 6.07) is 8.97. The van der Waals surface area contributed by atoms with Gasteiger partial charge in [0.05, 0.1) is 28.1 Å². The Morgan fingerprint density at radius 3 is 2.26 bits per heavy atom. The van der Waals surface area contributed by atoms with E-state index in [1.54, 1.807) is 48.4 Å². The number of aryl methyl sites for hydroxylation is 3. The predicted molar refractivity (Wildman–Crippen MR) is 152 cm³/mol. The molecule has 0 saturated carbocycles. The lowest BCUT2D eigenvalue weighted by Gasteiger charge is -2.34. The molecular weight excluding hydrogens is 554 g/mol. The molecule has 1 aliphatic rings. The third kappa shape index (κ3) is 4.39. The highest BCUT2D eigenvalue weighted by atomic mass is 79.9. The number of aromatic hydroxyl groups is 1. The third-order valence-corrected chi connectivity index (χ3v) is 7.56. The molecule has 198 valence electrons. The number of nitrogens with one attached hydrogen (secondary N) is 1. The van der Waals surface area contributed by atoms with Crippen LogP contribution in [-0.2, 0) is 14.1 Å². The van der Waals surface area contributed by atoms with Crippen LogP contribution in [0.15, 0.2) is 54.2 Å². The second-order valence-corrected chi connectivity index (χ2v) is 10.5. The fraction of sp³-hybridized carbons (Fsp3) is 0.308. The zero-order valence-corrected chi connectivity index (χ0v) is 23.1. The van der Waals surface area contributed by atoms with Crippen molar-refractivity contribution in [2.24, 2.45) is 19.1 Å². The Bertz CT molecular complexity index is 1770. The van der Waals surface area contributed by atoms with Gasteiger partial charge in [-0.05, 0) is 49.9 Å². The van der Waals surface area contributed by atoms with Gasteiger partial charge in [-0.25, -0.2) is 14.2 Å². The van der Waals surface area contributed by atoms with Crippen molar-refractivity contribution in [3.05, 3.63) is 77.3 Å². The van der Waals surface area contributed by atoms with Gasteiger partial charge >= 0.3 is 11.4 Å². The van der Waals surface area contributed by atoms with E-state index in [0.29, 0.717) is 16.9 Å². The largest absolute Gasteiger partial charge is 0.493 e. The number of piperazine rings is 1. The van der Waals surface area contributed by atoms with E-state index in [1.807, 2.05) is 12.1 Å². The molecule has 1 aliphatic heterocycles. The van der Waals surface area contributed by atoms with Gasteiger partial charge in [-0.3, -0.25) is 23.9 Å². The summed E-state index contributed by atoms with van der Waals surface area (Å²) in [5.74, 6) is -0.512. The number of imidazole rings is 1. The molecule has 2 N–H and O–H groups in total. The number of fused-ring (bicyclic) bond motifs is 1. The first-order valence-corrected chi connectivity index (χ1v) is 12.9. The van der Waals surface area contributed by atoms with E-state index in [4.69, 9.17) is 0 Å². The van der Waals surface area contributed by atoms with Crippen molar-refractivity contribution in [2.75, 3.05) is 38.1 Å². The number of aromatic amines is 1. The Morgan fingerprint density at radius 1 is 0.947 bits per heavy atom. The van der Waals surface area contributed by atoms with Crippen molar-refractivity contribution in [2.45, 2.75) is 6.92 Å². The van der Waals surface area contributed by atoms with Gasteiger partial charge < -0.3 is 14.9 Å². The first-order valence-electron chi connectivity index (χ1n) is 12.1. The van der Waals surface area contributed by atoms with Crippen LogP contribution in [0.2, 0.25) is 0 Å². The van der Waals surface area contributed by atoms with Crippen molar-refractivity contribution in [3.8, 4) is 11.6 Å². The van der Waals surface area contributed by atoms with Crippen molar-refractivity contribution in [3.63, 3.8) is 0 Å². The maximum atomic E-state index is 12.7. The van der Waals surface area contributed by atoms with Gasteiger partial charge in [-0.1, -0.05) is 15.9 Å². The minimum atomic E-state index is -0.756. The van der Waals surface area contributed by atoms with Crippen LogP contribution in [0.1, 0.15) is 11.1 Å². The van der Waals surface area contributed by atoms with E-state index < -0.39 is 17.1 Å². The van der Waals surface area contributed by atoms with E-state index in [1.165, 1.54) is 6.21 Å². The molecule has 2 aromatic heterocycles. The SMILES string of the molecule is Cc1cc(Br)ccc1-n1c(O)c(C=Nc2cc3c(cc2N2CCN(C)CC2)n(C)c(=O)n3C)c(=O)[nH]c1=O. The lowest BCUT2D eigenvalue weighted by Crippen LogP contribution is -2.44. The number of aliphatic imine (C=N–C) groups is 1. The second kappa shape index (κ2) is 9.76. The Hall–Kier alpha value is -3.90. The third-order valence-electron chi connectivity index (χ3n) is 7.07. The first-order chi connectivity index (χ1) is 18.1. The highest BCUT2D eigenvalue weighted by Gasteiger charge is 2.21. The standard InChI is InChI=1S/C26H28BrN7O4/c1-15-11-16(27)5-6-19(15)34-24(36)17(23(35)29-25(34)37)14-28-18-12-21-22(32(4)26(38)31(21)3)13-20(18)33-9-7-30(2)8-10-33/h5-6,11-14,36H,7-10H2,1-4H3,(H,29,35,37). The summed E-state index contributed by atoms with van der Waals surface area (Å²) in [6.07, 6.45) is 1.26. The quantitative estimate of drug-likeness (QED) is 0.356. The van der Waals surface area contributed by atoms with Crippen molar-refractivity contribution < 1.29 is 5.11 Å². The molecule has 0 aliphatic carbocycles. The lowest BCUT2D eigenvalue weighted by atomic mass is 10.2. The summed E-state index contributed by atoms with van der Waals surface area (Å²) in [7, 11) is 5.49. The number of likely N-dealkylation sites (N-methyl/N-ethyl adjacent to an activating group) is 1. The molecule has 0 bridgehead atoms. The summed E-state index contributed by atoms with van der Waals surface area (Å²) >= 11 is 3.40. The van der Waals surface area contributed by atoms with Gasteiger partial charge in [0.25, 0.3) is 5.56 Å². The van der Waals surface area contributed by atoms with E-state index in [9.17, 15) is 19.5 Å². The Kier molecular flexibility index (Phi) is 6.61. The molecule has 2 aromatic carbocycles. The van der Waals surface area contributed by atoms with Gasteiger partial charge in [-0.15, -0.1) is 0 Å². The maximum absolute atomic E-state index is 12.7. The van der Waals surface area contributed by atoms with E-state index in [-0.39, 0.29) is 11.3 Å². The Labute approximate surface area is 226 Å². The normalized spacial score (nSPS) is 14.7. The summed E-state index contributed by atoms with van der Waals surface area (Å²) in [5.41, 5.74) is 2.15. The molecular formula is C26H28BrN7O4. The number of anilines is 1. The predicted octanol–water partition coefficient (Wildman–Crippen LogP) is 2.00. The molecule has 3 heterocycles. The van der Waals surface area contributed by atoms with Gasteiger partial charge in [0.1, 0.15) is 5.56 Å². The summed E-state index contributed by atoms with van der Waals surface area (Å²) in [5, 5.41) is 11.1. The van der Waals surface area contributed by atoms with Crippen LogP contribution in [0.4, 0.5) is 11.4 Å². The van der Waals surface area contributed by atoms with Crippen molar-refractivity contribution >= 4 is 44.6 Å². The first kappa shape index (κ1) is 25.7. The smallest absolute Gasteiger partial charge is 0.335 e. The van der Waals surface area contributed by atoms with Crippen LogP contribution in [0.3, 0.4) is 0 Å². The number of hydrogen-bond acceptors (Lipinski definition) is 7. The van der Waals surface area contributed by atoms with E-state index >= 15 is 0 Å².